The van der Waals surface area contributed by atoms with Crippen LogP contribution in [0.15, 0.2) is 64.0 Å². The van der Waals surface area contributed by atoms with E-state index in [1.807, 2.05) is 24.3 Å². The van der Waals surface area contributed by atoms with Gasteiger partial charge in [-0.15, -0.1) is 0 Å². The number of para-hydroxylation sites is 1. The number of halogens is 1. The second-order valence-corrected chi connectivity index (χ2v) is 7.97. The number of carbonyl (C=O) groups is 1. The van der Waals surface area contributed by atoms with Crippen molar-refractivity contribution in [2.75, 3.05) is 6.54 Å². The molecule has 0 saturated heterocycles. The smallest absolute Gasteiger partial charge is 0.262 e. The molecule has 3 N–H and O–H groups in total. The van der Waals surface area contributed by atoms with Crippen LogP contribution in [0.5, 0.6) is 5.88 Å². The van der Waals surface area contributed by atoms with E-state index in [1.54, 1.807) is 12.1 Å². The van der Waals surface area contributed by atoms with Crippen molar-refractivity contribution in [2.24, 2.45) is 4.99 Å². The fourth-order valence-corrected chi connectivity index (χ4v) is 3.91. The Kier molecular flexibility index (Phi) is 6.32. The number of hydrogen-bond donors (Lipinski definition) is 3. The van der Waals surface area contributed by atoms with Crippen molar-refractivity contribution >= 4 is 29.8 Å². The lowest BCUT2D eigenvalue weighted by molar-refractivity contribution is -0.118. The summed E-state index contributed by atoms with van der Waals surface area (Å²) in [5, 5.41) is 15.3. The van der Waals surface area contributed by atoms with Crippen molar-refractivity contribution in [3.8, 4) is 5.88 Å². The molecule has 0 bridgehead atoms. The molecule has 168 valence electrons. The van der Waals surface area contributed by atoms with Crippen LogP contribution < -0.4 is 21.5 Å². The standard InChI is InChI=1S/C24H21FN4O3S/c1-14(30)26-11-10-18-17-4-2-3-5-20(17)27-21(18)12-19-22(31)28-24(33)29(23(19)32)13-15-6-8-16(25)9-7-15/h2-9,12,32H,10-11,13H2,1H3,(H,26,30)(H,28,31,33)/b21-12-. The number of amides is 1. The molecule has 2 heterocycles. The molecular formula is C24H21FN4O3S. The lowest BCUT2D eigenvalue weighted by atomic mass is 10.1. The first kappa shape index (κ1) is 22.3. The zero-order valence-corrected chi connectivity index (χ0v) is 18.6. The monoisotopic (exact) mass is 464 g/mol. The lowest BCUT2D eigenvalue weighted by Crippen LogP contribution is -2.25. The molecule has 3 aromatic rings. The molecule has 1 aliphatic rings. The van der Waals surface area contributed by atoms with Crippen LogP contribution in [0.3, 0.4) is 0 Å². The Labute approximate surface area is 193 Å². The first-order chi connectivity index (χ1) is 15.8. The minimum absolute atomic E-state index is 0.00861. The number of aromatic amines is 1. The highest BCUT2D eigenvalue weighted by atomic mass is 32.1. The lowest BCUT2D eigenvalue weighted by Gasteiger charge is -2.12. The van der Waals surface area contributed by atoms with Gasteiger partial charge in [0.1, 0.15) is 11.4 Å². The van der Waals surface area contributed by atoms with Crippen molar-refractivity contribution in [1.82, 2.24) is 14.9 Å². The van der Waals surface area contributed by atoms with Gasteiger partial charge in [0.15, 0.2) is 4.77 Å². The Morgan fingerprint density at radius 2 is 1.97 bits per heavy atom. The van der Waals surface area contributed by atoms with E-state index >= 15 is 0 Å². The summed E-state index contributed by atoms with van der Waals surface area (Å²) >= 11 is 5.24. The van der Waals surface area contributed by atoms with Crippen LogP contribution in [0.4, 0.5) is 4.39 Å². The Bertz CT molecular complexity index is 1500. The molecule has 0 saturated carbocycles. The molecule has 0 spiro atoms. The van der Waals surface area contributed by atoms with E-state index in [4.69, 9.17) is 12.2 Å². The van der Waals surface area contributed by atoms with Gasteiger partial charge in [-0.1, -0.05) is 30.3 Å². The number of fused-ring (bicyclic) bond motifs is 1. The number of aromatic hydroxyl groups is 1. The van der Waals surface area contributed by atoms with Gasteiger partial charge < -0.3 is 10.4 Å². The number of nitrogens with zero attached hydrogens (tertiary/aromatic N) is 2. The molecule has 9 heteroatoms. The number of rotatable bonds is 6. The van der Waals surface area contributed by atoms with E-state index in [0.29, 0.717) is 24.2 Å². The summed E-state index contributed by atoms with van der Waals surface area (Å²) in [4.78, 5) is 31.2. The number of hydrogen-bond acceptors (Lipinski definition) is 5. The number of carbonyl (C=O) groups excluding carboxylic acids is 1. The fraction of sp³-hybridized carbons (Fsp3) is 0.167. The molecule has 0 aliphatic carbocycles. The molecule has 0 radical (unpaired) electrons. The highest BCUT2D eigenvalue weighted by molar-refractivity contribution is 7.71. The maximum absolute atomic E-state index is 13.2. The van der Waals surface area contributed by atoms with Gasteiger partial charge in [0.2, 0.25) is 11.8 Å². The van der Waals surface area contributed by atoms with Crippen molar-refractivity contribution in [1.29, 1.82) is 0 Å². The number of allylic oxidation sites excluding steroid dienone is 1. The van der Waals surface area contributed by atoms with Gasteiger partial charge in [-0.2, -0.15) is 0 Å². The van der Waals surface area contributed by atoms with Crippen LogP contribution >= 0.6 is 12.2 Å². The normalized spacial score (nSPS) is 13.6. The Morgan fingerprint density at radius 3 is 2.70 bits per heavy atom. The molecule has 33 heavy (non-hydrogen) atoms. The van der Waals surface area contributed by atoms with Crippen LogP contribution in [-0.2, 0) is 11.3 Å². The third-order valence-corrected chi connectivity index (χ3v) is 5.59. The number of nitrogens with one attached hydrogen (secondary N) is 2. The van der Waals surface area contributed by atoms with Gasteiger partial charge in [0, 0.05) is 18.7 Å². The fourth-order valence-electron chi connectivity index (χ4n) is 3.67. The van der Waals surface area contributed by atoms with E-state index in [9.17, 15) is 19.1 Å². The second kappa shape index (κ2) is 9.33. The third-order valence-electron chi connectivity index (χ3n) is 5.27. The van der Waals surface area contributed by atoms with Crippen LogP contribution in [0.1, 0.15) is 24.5 Å². The van der Waals surface area contributed by atoms with E-state index in [1.165, 1.54) is 29.7 Å². The van der Waals surface area contributed by atoms with E-state index < -0.39 is 5.56 Å². The number of aromatic nitrogens is 2. The summed E-state index contributed by atoms with van der Waals surface area (Å²) in [6.45, 7) is 2.00. The zero-order chi connectivity index (χ0) is 23.5. The molecule has 4 rings (SSSR count). The van der Waals surface area contributed by atoms with Crippen molar-refractivity contribution in [2.45, 2.75) is 19.9 Å². The molecule has 2 aromatic carbocycles. The van der Waals surface area contributed by atoms with Gasteiger partial charge in [-0.05, 0) is 54.1 Å². The first-order valence-corrected chi connectivity index (χ1v) is 10.7. The maximum atomic E-state index is 13.2. The van der Waals surface area contributed by atoms with Crippen LogP contribution in [0.25, 0.3) is 11.6 Å². The molecule has 0 atom stereocenters. The summed E-state index contributed by atoms with van der Waals surface area (Å²) in [5.41, 5.74) is 1.54. The number of H-pyrrole nitrogens is 1. The van der Waals surface area contributed by atoms with Crippen molar-refractivity contribution in [3.63, 3.8) is 0 Å². The molecule has 1 aliphatic heterocycles. The predicted molar refractivity (Wildman–Crippen MR) is 125 cm³/mol. The van der Waals surface area contributed by atoms with Crippen LogP contribution in [0.2, 0.25) is 0 Å². The summed E-state index contributed by atoms with van der Waals surface area (Å²) in [5.74, 6) is -0.822. The van der Waals surface area contributed by atoms with Gasteiger partial charge in [-0.25, -0.2) is 9.38 Å². The molecule has 1 amide bonds. The Morgan fingerprint density at radius 1 is 1.24 bits per heavy atom. The van der Waals surface area contributed by atoms with Crippen LogP contribution in [0, 0.1) is 10.6 Å². The second-order valence-electron chi connectivity index (χ2n) is 7.58. The Hall–Kier alpha value is -3.85. The van der Waals surface area contributed by atoms with Gasteiger partial charge in [0.25, 0.3) is 5.56 Å². The molecule has 7 nitrogen and oxygen atoms in total. The van der Waals surface area contributed by atoms with Gasteiger partial charge in [-0.3, -0.25) is 19.1 Å². The number of benzene rings is 2. The van der Waals surface area contributed by atoms with Gasteiger partial charge >= 0.3 is 0 Å². The predicted octanol–water partition coefficient (Wildman–Crippen LogP) is 2.15. The Balaban J connectivity index is 1.78. The highest BCUT2D eigenvalue weighted by Gasteiger charge is 2.17. The maximum Gasteiger partial charge on any atom is 0.262 e. The zero-order valence-electron chi connectivity index (χ0n) is 17.8. The van der Waals surface area contributed by atoms with Gasteiger partial charge in [0.05, 0.1) is 17.6 Å². The largest absolute Gasteiger partial charge is 0.494 e. The molecule has 0 fully saturated rings. The first-order valence-electron chi connectivity index (χ1n) is 10.3. The summed E-state index contributed by atoms with van der Waals surface area (Å²) in [6.07, 6.45) is 2.02. The molecule has 0 unspecified atom stereocenters. The van der Waals surface area contributed by atoms with Crippen LogP contribution in [-0.4, -0.2) is 27.1 Å². The van der Waals surface area contributed by atoms with Crippen molar-refractivity contribution in [3.05, 3.63) is 96.9 Å². The minimum atomic E-state index is -0.548. The summed E-state index contributed by atoms with van der Waals surface area (Å²) in [7, 11) is 0. The van der Waals surface area contributed by atoms with E-state index in [0.717, 1.165) is 16.1 Å². The van der Waals surface area contributed by atoms with E-state index in [2.05, 4.69) is 15.3 Å². The minimum Gasteiger partial charge on any atom is -0.494 e. The SMILES string of the molecule is CC(=O)NCCC1=c2ccccc2=N/C1=C\c1c(O)n(Cc2ccc(F)cc2)c(=S)[nH]c1=O. The van der Waals surface area contributed by atoms with E-state index in [-0.39, 0.29) is 34.5 Å². The molecule has 1 aromatic heterocycles. The quantitative estimate of drug-likeness (QED) is 0.487. The topological polar surface area (TPSA) is 99.5 Å². The average molecular weight is 465 g/mol. The van der Waals surface area contributed by atoms with Crippen molar-refractivity contribution < 1.29 is 14.3 Å². The highest BCUT2D eigenvalue weighted by Crippen LogP contribution is 2.24. The summed E-state index contributed by atoms with van der Waals surface area (Å²) < 4.78 is 14.7. The third kappa shape index (κ3) is 4.83. The molecular weight excluding hydrogens is 443 g/mol. The average Bonchev–Trinajstić information content (AvgIpc) is 3.12. The summed E-state index contributed by atoms with van der Waals surface area (Å²) in [6, 6.07) is 13.3.